The van der Waals surface area contributed by atoms with Crippen molar-refractivity contribution in [3.05, 3.63) is 47.5 Å². The number of aromatic nitrogens is 1. The average molecular weight is 478 g/mol. The number of nitrogens with zero attached hydrogens (tertiary/aromatic N) is 3. The molecule has 0 unspecified atom stereocenters. The summed E-state index contributed by atoms with van der Waals surface area (Å²) in [5.41, 5.74) is 5.69. The first-order chi connectivity index (χ1) is 16.7. The Balaban J connectivity index is 1.38. The van der Waals surface area contributed by atoms with Crippen LogP contribution in [0.2, 0.25) is 0 Å². The Kier molecular flexibility index (Phi) is 7.85. The fraction of sp³-hybridized carbons (Fsp3) is 0.600. The molecule has 4 rings (SSSR count). The third-order valence-corrected chi connectivity index (χ3v) is 7.99. The molecule has 0 N–H and O–H groups in total. The highest BCUT2D eigenvalue weighted by Gasteiger charge is 2.37. The van der Waals surface area contributed by atoms with Crippen molar-refractivity contribution < 1.29 is 9.53 Å². The number of esters is 1. The summed E-state index contributed by atoms with van der Waals surface area (Å²) in [6.45, 7) is 16.9. The van der Waals surface area contributed by atoms with Crippen LogP contribution in [-0.4, -0.2) is 55.2 Å². The summed E-state index contributed by atoms with van der Waals surface area (Å²) in [6, 6.07) is 13.4. The van der Waals surface area contributed by atoms with Crippen LogP contribution in [0, 0.1) is 0 Å². The average Bonchev–Trinajstić information content (AvgIpc) is 2.85. The third kappa shape index (κ3) is 6.06. The van der Waals surface area contributed by atoms with Crippen LogP contribution in [0.4, 0.5) is 5.82 Å². The van der Waals surface area contributed by atoms with E-state index in [0.29, 0.717) is 13.0 Å². The number of hydrogen-bond acceptors (Lipinski definition) is 5. The molecule has 0 spiro atoms. The van der Waals surface area contributed by atoms with Gasteiger partial charge in [-0.05, 0) is 79.3 Å². The van der Waals surface area contributed by atoms with Gasteiger partial charge < -0.3 is 9.64 Å². The first-order valence-corrected chi connectivity index (χ1v) is 13.4. The topological polar surface area (TPSA) is 45.7 Å². The minimum Gasteiger partial charge on any atom is -0.466 e. The summed E-state index contributed by atoms with van der Waals surface area (Å²) >= 11 is 0. The summed E-state index contributed by atoms with van der Waals surface area (Å²) < 4.78 is 5.02. The highest BCUT2D eigenvalue weighted by atomic mass is 16.5. The predicted octanol–water partition coefficient (Wildman–Crippen LogP) is 5.95. The highest BCUT2D eigenvalue weighted by molar-refractivity contribution is 5.69. The van der Waals surface area contributed by atoms with E-state index in [1.54, 1.807) is 0 Å². The van der Waals surface area contributed by atoms with Gasteiger partial charge in [-0.2, -0.15) is 0 Å². The van der Waals surface area contributed by atoms with E-state index in [2.05, 4.69) is 73.9 Å². The number of piperazine rings is 1. The van der Waals surface area contributed by atoms with Crippen LogP contribution >= 0.6 is 0 Å². The molecule has 1 aliphatic carbocycles. The second kappa shape index (κ2) is 10.7. The number of hydrogen-bond donors (Lipinski definition) is 0. The van der Waals surface area contributed by atoms with E-state index in [4.69, 9.17) is 9.72 Å². The van der Waals surface area contributed by atoms with Crippen molar-refractivity contribution in [3.8, 4) is 11.3 Å². The zero-order valence-electron chi connectivity index (χ0n) is 22.4. The Morgan fingerprint density at radius 1 is 0.943 bits per heavy atom. The van der Waals surface area contributed by atoms with Gasteiger partial charge in [0, 0.05) is 38.2 Å². The van der Waals surface area contributed by atoms with Crippen LogP contribution in [0.25, 0.3) is 11.3 Å². The molecule has 0 saturated carbocycles. The zero-order chi connectivity index (χ0) is 25.1. The molecular weight excluding hydrogens is 434 g/mol. The number of anilines is 1. The van der Waals surface area contributed by atoms with Crippen LogP contribution in [-0.2, 0) is 20.4 Å². The van der Waals surface area contributed by atoms with Crippen molar-refractivity contribution in [1.29, 1.82) is 0 Å². The van der Waals surface area contributed by atoms with E-state index in [0.717, 1.165) is 57.1 Å². The molecule has 0 amide bonds. The molecule has 35 heavy (non-hydrogen) atoms. The standard InChI is InChI=1S/C30H43N3O2/c1-6-35-28(34)12-7-8-17-32-18-20-33(21-19-32)27-11-9-10-26(31-27)23-13-14-24-25(22-23)30(4,5)16-15-29(24,2)3/h9-11,13-14,22H,6-8,12,15-21H2,1-5H3. The summed E-state index contributed by atoms with van der Waals surface area (Å²) in [5, 5.41) is 0. The van der Waals surface area contributed by atoms with Crippen molar-refractivity contribution in [2.45, 2.75) is 77.6 Å². The van der Waals surface area contributed by atoms with Gasteiger partial charge in [0.1, 0.15) is 5.82 Å². The maximum atomic E-state index is 11.5. The van der Waals surface area contributed by atoms with Crippen molar-refractivity contribution in [3.63, 3.8) is 0 Å². The number of unbranched alkanes of at least 4 members (excludes halogenated alkanes) is 1. The van der Waals surface area contributed by atoms with E-state index < -0.39 is 0 Å². The van der Waals surface area contributed by atoms with E-state index in [1.807, 2.05) is 6.92 Å². The molecule has 5 heteroatoms. The van der Waals surface area contributed by atoms with Gasteiger partial charge in [-0.15, -0.1) is 0 Å². The third-order valence-electron chi connectivity index (χ3n) is 7.99. The van der Waals surface area contributed by atoms with Crippen LogP contribution in [0.5, 0.6) is 0 Å². The largest absolute Gasteiger partial charge is 0.466 e. The van der Waals surface area contributed by atoms with E-state index in [-0.39, 0.29) is 16.8 Å². The van der Waals surface area contributed by atoms with Gasteiger partial charge >= 0.3 is 5.97 Å². The minimum absolute atomic E-state index is 0.0746. The summed E-state index contributed by atoms with van der Waals surface area (Å²) in [7, 11) is 0. The molecule has 1 saturated heterocycles. The Labute approximate surface area is 211 Å². The summed E-state index contributed by atoms with van der Waals surface area (Å²) in [6.07, 6.45) is 4.92. The molecule has 2 aromatic rings. The molecule has 1 aromatic carbocycles. The molecule has 1 aliphatic heterocycles. The van der Waals surface area contributed by atoms with E-state index >= 15 is 0 Å². The number of carbonyl (C=O) groups is 1. The van der Waals surface area contributed by atoms with Gasteiger partial charge in [0.15, 0.2) is 0 Å². The Morgan fingerprint density at radius 2 is 1.66 bits per heavy atom. The van der Waals surface area contributed by atoms with Gasteiger partial charge in [-0.25, -0.2) is 4.98 Å². The number of rotatable bonds is 8. The lowest BCUT2D eigenvalue weighted by atomic mass is 9.63. The van der Waals surface area contributed by atoms with E-state index in [9.17, 15) is 4.79 Å². The van der Waals surface area contributed by atoms with Crippen molar-refractivity contribution in [2.75, 3.05) is 44.2 Å². The Bertz CT molecular complexity index is 1020. The van der Waals surface area contributed by atoms with Crippen LogP contribution in [0.1, 0.15) is 77.8 Å². The fourth-order valence-corrected chi connectivity index (χ4v) is 5.55. The molecule has 2 aliphatic rings. The van der Waals surface area contributed by atoms with Crippen LogP contribution < -0.4 is 4.90 Å². The molecule has 1 fully saturated rings. The number of carbonyl (C=O) groups excluding carboxylic acids is 1. The molecule has 1 aromatic heterocycles. The smallest absolute Gasteiger partial charge is 0.305 e. The second-order valence-corrected chi connectivity index (χ2v) is 11.5. The first-order valence-electron chi connectivity index (χ1n) is 13.4. The second-order valence-electron chi connectivity index (χ2n) is 11.5. The molecule has 2 heterocycles. The van der Waals surface area contributed by atoms with Crippen LogP contribution in [0.15, 0.2) is 36.4 Å². The SMILES string of the molecule is CCOC(=O)CCCCN1CCN(c2cccc(-c3ccc4c(c3)C(C)(C)CCC4(C)C)n2)CC1. The maximum absolute atomic E-state index is 11.5. The van der Waals surface area contributed by atoms with Crippen molar-refractivity contribution in [1.82, 2.24) is 9.88 Å². The number of benzene rings is 1. The van der Waals surface area contributed by atoms with Crippen LogP contribution in [0.3, 0.4) is 0 Å². The Morgan fingerprint density at radius 3 is 2.37 bits per heavy atom. The van der Waals surface area contributed by atoms with Crippen molar-refractivity contribution in [2.24, 2.45) is 0 Å². The monoisotopic (exact) mass is 477 g/mol. The lowest BCUT2D eigenvalue weighted by Gasteiger charge is -2.42. The molecule has 0 bridgehead atoms. The normalized spacial score (nSPS) is 19.3. The quantitative estimate of drug-likeness (QED) is 0.347. The van der Waals surface area contributed by atoms with Gasteiger partial charge in [0.25, 0.3) is 0 Å². The summed E-state index contributed by atoms with van der Waals surface area (Å²) in [4.78, 5) is 21.5. The number of ether oxygens (including phenoxy) is 1. The van der Waals surface area contributed by atoms with Gasteiger partial charge in [-0.1, -0.05) is 45.9 Å². The molecule has 5 nitrogen and oxygen atoms in total. The van der Waals surface area contributed by atoms with Crippen molar-refractivity contribution >= 4 is 11.8 Å². The van der Waals surface area contributed by atoms with Gasteiger partial charge in [0.05, 0.1) is 12.3 Å². The number of pyridine rings is 1. The highest BCUT2D eigenvalue weighted by Crippen LogP contribution is 2.46. The molecule has 0 atom stereocenters. The Hall–Kier alpha value is -2.40. The fourth-order valence-electron chi connectivity index (χ4n) is 5.55. The lowest BCUT2D eigenvalue weighted by molar-refractivity contribution is -0.143. The molecule has 0 radical (unpaired) electrons. The number of fused-ring (bicyclic) bond motifs is 1. The molecular formula is C30H43N3O2. The molecule has 190 valence electrons. The summed E-state index contributed by atoms with van der Waals surface area (Å²) in [5.74, 6) is 0.997. The minimum atomic E-state index is -0.0746. The predicted molar refractivity (Wildman–Crippen MR) is 144 cm³/mol. The first kappa shape index (κ1) is 25.7. The lowest BCUT2D eigenvalue weighted by Crippen LogP contribution is -2.46. The maximum Gasteiger partial charge on any atom is 0.305 e. The van der Waals surface area contributed by atoms with Gasteiger partial charge in [-0.3, -0.25) is 9.69 Å². The van der Waals surface area contributed by atoms with Gasteiger partial charge in [0.2, 0.25) is 0 Å². The zero-order valence-corrected chi connectivity index (χ0v) is 22.4. The van der Waals surface area contributed by atoms with E-state index in [1.165, 1.54) is 29.5 Å².